The predicted octanol–water partition coefficient (Wildman–Crippen LogP) is 2.40. The van der Waals surface area contributed by atoms with Crippen LogP contribution in [-0.4, -0.2) is 69.4 Å². The van der Waals surface area contributed by atoms with Crippen LogP contribution in [0.1, 0.15) is 58.4 Å². The molecule has 11 nitrogen and oxygen atoms in total. The second kappa shape index (κ2) is 12.5. The molecule has 0 saturated carbocycles. The summed E-state index contributed by atoms with van der Waals surface area (Å²) in [6.07, 6.45) is 1.95. The largest absolute Gasteiger partial charge is 0.384 e. The van der Waals surface area contributed by atoms with Crippen LogP contribution >= 0.6 is 0 Å². The van der Waals surface area contributed by atoms with E-state index in [4.69, 9.17) is 8.92 Å². The van der Waals surface area contributed by atoms with Crippen LogP contribution in [0.2, 0.25) is 0 Å². The van der Waals surface area contributed by atoms with E-state index in [1.807, 2.05) is 6.92 Å². The lowest BCUT2D eigenvalue weighted by molar-refractivity contribution is -0.136. The number of unbranched alkanes of at least 4 members (excludes halogenated alkanes) is 1. The van der Waals surface area contributed by atoms with Gasteiger partial charge in [0.1, 0.15) is 6.04 Å². The average Bonchev–Trinajstić information content (AvgIpc) is 3.15. The molecule has 2 aromatic rings. The van der Waals surface area contributed by atoms with Crippen LogP contribution in [0.4, 0.5) is 5.69 Å². The van der Waals surface area contributed by atoms with E-state index in [0.717, 1.165) is 10.5 Å². The summed E-state index contributed by atoms with van der Waals surface area (Å²) in [6, 6.07) is 10.4. The van der Waals surface area contributed by atoms with Crippen molar-refractivity contribution in [3.8, 4) is 0 Å². The molecule has 0 radical (unpaired) electrons. The van der Waals surface area contributed by atoms with Gasteiger partial charge in [-0.25, -0.2) is 0 Å². The number of anilines is 1. The number of hydrogen-bond donors (Lipinski definition) is 2. The third-order valence-electron chi connectivity index (χ3n) is 6.48. The maximum absolute atomic E-state index is 13.1. The zero-order valence-corrected chi connectivity index (χ0v) is 22.4. The standard InChI is InChI=1S/C27H31N3O8S/c1-18-8-10-19(11-9-18)39(35,36)38-17-3-2-15-37-16-5-14-28-21-7-4-6-20-24(21)27(34)30(26(20)33)22-12-13-23(31)29-25(22)32/h4,6-11,22,28H,2-3,5,12-17H2,1H3,(H,29,31,32). The fourth-order valence-electron chi connectivity index (χ4n) is 4.41. The summed E-state index contributed by atoms with van der Waals surface area (Å²) >= 11 is 0. The van der Waals surface area contributed by atoms with Gasteiger partial charge in [-0.1, -0.05) is 23.8 Å². The van der Waals surface area contributed by atoms with Crippen molar-refractivity contribution in [2.24, 2.45) is 0 Å². The zero-order valence-electron chi connectivity index (χ0n) is 21.6. The minimum absolute atomic E-state index is 0.0640. The van der Waals surface area contributed by atoms with Crippen molar-refractivity contribution in [3.63, 3.8) is 0 Å². The molecule has 1 saturated heterocycles. The van der Waals surface area contributed by atoms with Crippen LogP contribution in [0.5, 0.6) is 0 Å². The molecule has 208 valence electrons. The molecule has 0 spiro atoms. The Labute approximate surface area is 227 Å². The van der Waals surface area contributed by atoms with Crippen molar-refractivity contribution in [3.05, 3.63) is 59.2 Å². The molecule has 1 fully saturated rings. The molecule has 0 aromatic heterocycles. The number of nitrogens with one attached hydrogen (secondary N) is 2. The molecule has 12 heteroatoms. The maximum Gasteiger partial charge on any atom is 0.296 e. The van der Waals surface area contributed by atoms with Gasteiger partial charge in [0, 0.05) is 31.9 Å². The first kappa shape index (κ1) is 28.4. The van der Waals surface area contributed by atoms with Crippen LogP contribution < -0.4 is 10.6 Å². The fourth-order valence-corrected chi connectivity index (χ4v) is 5.35. The van der Waals surface area contributed by atoms with Crippen LogP contribution in [-0.2, 0) is 28.6 Å². The summed E-state index contributed by atoms with van der Waals surface area (Å²) in [5.41, 5.74) is 1.90. The fraction of sp³-hybridized carbons (Fsp3) is 0.407. The lowest BCUT2D eigenvalue weighted by Gasteiger charge is -2.27. The van der Waals surface area contributed by atoms with E-state index in [2.05, 4.69) is 10.6 Å². The Kier molecular flexibility index (Phi) is 9.10. The van der Waals surface area contributed by atoms with Gasteiger partial charge in [0.15, 0.2) is 0 Å². The second-order valence-electron chi connectivity index (χ2n) is 9.36. The molecule has 0 bridgehead atoms. The van der Waals surface area contributed by atoms with Gasteiger partial charge in [-0.05, 0) is 56.9 Å². The summed E-state index contributed by atoms with van der Waals surface area (Å²) in [7, 11) is -3.77. The van der Waals surface area contributed by atoms with Gasteiger partial charge in [0.05, 0.1) is 22.6 Å². The number of hydrogen-bond acceptors (Lipinski definition) is 9. The first-order valence-corrected chi connectivity index (χ1v) is 14.2. The molecule has 2 aliphatic heterocycles. The van der Waals surface area contributed by atoms with Crippen LogP contribution in [0.3, 0.4) is 0 Å². The Bertz CT molecular complexity index is 1360. The lowest BCUT2D eigenvalue weighted by Crippen LogP contribution is -2.54. The molecule has 2 aromatic carbocycles. The Hall–Kier alpha value is -3.61. The van der Waals surface area contributed by atoms with E-state index >= 15 is 0 Å². The third kappa shape index (κ3) is 6.70. The number of carbonyl (C=O) groups excluding carboxylic acids is 4. The normalized spacial score (nSPS) is 17.4. The van der Waals surface area contributed by atoms with E-state index in [0.29, 0.717) is 44.7 Å². The number of fused-ring (bicyclic) bond motifs is 1. The highest BCUT2D eigenvalue weighted by Crippen LogP contribution is 2.32. The number of piperidine rings is 1. The SMILES string of the molecule is Cc1ccc(S(=O)(=O)OCCCCOCCCNc2cccc3c2C(=O)N(C2CCC(=O)NC2=O)C3=O)cc1. The van der Waals surface area contributed by atoms with Crippen molar-refractivity contribution in [2.45, 2.75) is 50.0 Å². The highest BCUT2D eigenvalue weighted by molar-refractivity contribution is 7.86. The van der Waals surface area contributed by atoms with Crippen molar-refractivity contribution in [1.29, 1.82) is 0 Å². The second-order valence-corrected chi connectivity index (χ2v) is 11.0. The monoisotopic (exact) mass is 557 g/mol. The van der Waals surface area contributed by atoms with Crippen molar-refractivity contribution in [1.82, 2.24) is 10.2 Å². The minimum Gasteiger partial charge on any atom is -0.384 e. The zero-order chi connectivity index (χ0) is 28.0. The van der Waals surface area contributed by atoms with Crippen LogP contribution in [0.15, 0.2) is 47.4 Å². The van der Waals surface area contributed by atoms with Gasteiger partial charge in [0.25, 0.3) is 21.9 Å². The van der Waals surface area contributed by atoms with E-state index in [1.54, 1.807) is 30.3 Å². The molecule has 2 aliphatic rings. The number of nitrogens with zero attached hydrogens (tertiary/aromatic N) is 1. The summed E-state index contributed by atoms with van der Waals surface area (Å²) in [5, 5.41) is 5.35. The summed E-state index contributed by atoms with van der Waals surface area (Å²) in [4.78, 5) is 50.8. The molecule has 0 aliphatic carbocycles. The summed E-state index contributed by atoms with van der Waals surface area (Å²) < 4.78 is 35.0. The smallest absolute Gasteiger partial charge is 0.296 e. The molecule has 1 atom stereocenters. The number of carbonyl (C=O) groups is 4. The first-order chi connectivity index (χ1) is 18.7. The lowest BCUT2D eigenvalue weighted by atomic mass is 10.0. The van der Waals surface area contributed by atoms with Crippen LogP contribution in [0.25, 0.3) is 0 Å². The Morgan fingerprint density at radius 3 is 2.41 bits per heavy atom. The predicted molar refractivity (Wildman–Crippen MR) is 141 cm³/mol. The minimum atomic E-state index is -3.77. The van der Waals surface area contributed by atoms with E-state index < -0.39 is 39.8 Å². The Morgan fingerprint density at radius 1 is 0.949 bits per heavy atom. The molecule has 39 heavy (non-hydrogen) atoms. The van der Waals surface area contributed by atoms with Gasteiger partial charge in [0.2, 0.25) is 11.8 Å². The number of ether oxygens (including phenoxy) is 1. The molecular weight excluding hydrogens is 526 g/mol. The van der Waals surface area contributed by atoms with Crippen molar-refractivity contribution < 1.29 is 36.5 Å². The summed E-state index contributed by atoms with van der Waals surface area (Å²) in [5.74, 6) is -2.17. The molecular formula is C27H31N3O8S. The van der Waals surface area contributed by atoms with Gasteiger partial charge >= 0.3 is 0 Å². The van der Waals surface area contributed by atoms with E-state index in [1.165, 1.54) is 12.1 Å². The highest BCUT2D eigenvalue weighted by atomic mass is 32.2. The average molecular weight is 558 g/mol. The van der Waals surface area contributed by atoms with Gasteiger partial charge < -0.3 is 10.1 Å². The first-order valence-electron chi connectivity index (χ1n) is 12.8. The number of rotatable bonds is 13. The van der Waals surface area contributed by atoms with Gasteiger partial charge in [-0.15, -0.1) is 0 Å². The summed E-state index contributed by atoms with van der Waals surface area (Å²) in [6.45, 7) is 3.32. The number of imide groups is 2. The number of amides is 4. The molecule has 4 amide bonds. The van der Waals surface area contributed by atoms with Crippen molar-refractivity contribution >= 4 is 39.4 Å². The number of benzene rings is 2. The topological polar surface area (TPSA) is 148 Å². The third-order valence-corrected chi connectivity index (χ3v) is 7.81. The maximum atomic E-state index is 13.1. The quantitative estimate of drug-likeness (QED) is 0.215. The molecule has 1 unspecified atom stereocenters. The molecule has 4 rings (SSSR count). The highest BCUT2D eigenvalue weighted by Gasteiger charge is 2.45. The molecule has 2 N–H and O–H groups in total. The Morgan fingerprint density at radius 2 is 1.67 bits per heavy atom. The van der Waals surface area contributed by atoms with Crippen LogP contribution in [0, 0.1) is 6.92 Å². The Balaban J connectivity index is 1.16. The number of aryl methyl sites for hydroxylation is 1. The van der Waals surface area contributed by atoms with Gasteiger partial charge in [-0.2, -0.15) is 8.42 Å². The van der Waals surface area contributed by atoms with E-state index in [9.17, 15) is 27.6 Å². The van der Waals surface area contributed by atoms with E-state index in [-0.39, 0.29) is 35.5 Å². The van der Waals surface area contributed by atoms with Crippen molar-refractivity contribution in [2.75, 3.05) is 31.7 Å². The molecule has 2 heterocycles. The van der Waals surface area contributed by atoms with Gasteiger partial charge in [-0.3, -0.25) is 33.6 Å².